The Bertz CT molecular complexity index is 127. The molecule has 0 rings (SSSR count). The second-order valence-electron chi connectivity index (χ2n) is 7.21. The van der Waals surface area contributed by atoms with E-state index in [2.05, 4.69) is 69.2 Å². The zero-order chi connectivity index (χ0) is 22.6. The molecule has 0 aromatic carbocycles. The Hall–Kier alpha value is -0.260. The number of hydrogen-bond donors (Lipinski definition) is 0. The van der Waals surface area contributed by atoms with Crippen molar-refractivity contribution in [3.8, 4) is 0 Å². The monoisotopic (exact) mass is 372 g/mol. The van der Waals surface area contributed by atoms with Crippen molar-refractivity contribution in [2.75, 3.05) is 0 Å². The van der Waals surface area contributed by atoms with Gasteiger partial charge in [0.1, 0.15) is 0 Å². The van der Waals surface area contributed by atoms with Crippen LogP contribution in [0.1, 0.15) is 122 Å². The molecule has 164 valence electrons. The summed E-state index contributed by atoms with van der Waals surface area (Å²) in [5, 5.41) is 0. The first kappa shape index (κ1) is 40.4. The van der Waals surface area contributed by atoms with Crippen molar-refractivity contribution in [3.63, 3.8) is 0 Å². The van der Waals surface area contributed by atoms with Gasteiger partial charge in [-0.2, -0.15) is 12.8 Å². The minimum Gasteiger partial charge on any atom is -0.344 e. The van der Waals surface area contributed by atoms with Gasteiger partial charge in [-0.25, -0.2) is 0 Å². The molecule has 0 nitrogen and oxygen atoms in total. The summed E-state index contributed by atoms with van der Waals surface area (Å²) in [6.45, 7) is 39.6. The first-order chi connectivity index (χ1) is 12.2. The van der Waals surface area contributed by atoms with E-state index < -0.39 is 0 Å². The van der Waals surface area contributed by atoms with Crippen LogP contribution in [0.4, 0.5) is 0 Å². The maximum Gasteiger partial charge on any atom is 0.0822 e. The van der Waals surface area contributed by atoms with Crippen molar-refractivity contribution in [2.24, 2.45) is 23.7 Å². The van der Waals surface area contributed by atoms with Gasteiger partial charge in [-0.1, -0.05) is 69.2 Å². The van der Waals surface area contributed by atoms with E-state index in [4.69, 9.17) is 0 Å². The fraction of sp³-hybridized carbons (Fsp3) is 0.846. The van der Waals surface area contributed by atoms with E-state index in [0.717, 1.165) is 42.9 Å². The van der Waals surface area contributed by atoms with Crippen LogP contribution in [0.15, 0.2) is 0 Å². The number of rotatable bonds is 6. The van der Waals surface area contributed by atoms with Crippen molar-refractivity contribution in [3.05, 3.63) is 27.7 Å². The van der Waals surface area contributed by atoms with Gasteiger partial charge in [-0.15, -0.1) is 0 Å². The van der Waals surface area contributed by atoms with Gasteiger partial charge in [0.25, 0.3) is 0 Å². The van der Waals surface area contributed by atoms with Gasteiger partial charge in [0.2, 0.25) is 0 Å². The van der Waals surface area contributed by atoms with Crippen LogP contribution in [0.5, 0.6) is 0 Å². The maximum atomic E-state index is 3.49. The summed E-state index contributed by atoms with van der Waals surface area (Å²) < 4.78 is 0. The van der Waals surface area contributed by atoms with Crippen LogP contribution in [0.25, 0.3) is 0 Å². The Balaban J connectivity index is -0.0000000634. The smallest absolute Gasteiger partial charge is 0.0822 e. The molecule has 0 bridgehead atoms. The van der Waals surface area contributed by atoms with Crippen LogP contribution >= 0.6 is 0 Å². The first-order valence-corrected chi connectivity index (χ1v) is 11.2. The van der Waals surface area contributed by atoms with E-state index in [9.17, 15) is 0 Å². The molecule has 0 saturated carbocycles. The van der Waals surface area contributed by atoms with E-state index in [1.165, 1.54) is 19.3 Å². The third kappa shape index (κ3) is 89.1. The van der Waals surface area contributed by atoms with E-state index >= 15 is 0 Å². The van der Waals surface area contributed by atoms with E-state index in [-0.39, 0.29) is 0 Å². The van der Waals surface area contributed by atoms with Crippen LogP contribution in [0, 0.1) is 51.4 Å². The van der Waals surface area contributed by atoms with Gasteiger partial charge in [0, 0.05) is 0 Å². The molecular formula is C26H60. The summed E-state index contributed by atoms with van der Waals surface area (Å²) in [5.74, 6) is 3.55. The molecule has 0 heterocycles. The van der Waals surface area contributed by atoms with Gasteiger partial charge in [0.15, 0.2) is 0 Å². The summed E-state index contributed by atoms with van der Waals surface area (Å²) in [5.41, 5.74) is 0. The Labute approximate surface area is 173 Å². The maximum absolute atomic E-state index is 3.49. The van der Waals surface area contributed by atoms with Crippen molar-refractivity contribution in [2.45, 2.75) is 122 Å². The lowest BCUT2D eigenvalue weighted by Gasteiger charge is -2.20. The molecule has 0 radical (unpaired) electrons. The molecule has 0 spiro atoms. The summed E-state index contributed by atoms with van der Waals surface area (Å²) >= 11 is 0. The lowest BCUT2D eigenvalue weighted by Crippen LogP contribution is -2.08. The summed E-state index contributed by atoms with van der Waals surface area (Å²) in [6.07, 6.45) is 7.20. The molecule has 0 N–H and O–H groups in total. The largest absolute Gasteiger partial charge is 0.344 e. The Kier molecular flexibility index (Phi) is 68.9. The van der Waals surface area contributed by atoms with Gasteiger partial charge in [-0.05, 0) is 49.9 Å². The zero-order valence-corrected chi connectivity index (χ0v) is 21.4. The fourth-order valence-electron chi connectivity index (χ4n) is 2.49. The standard InChI is InChI=1S/C13H28.3C3H7.C2H6.C2H5/c1-10(2)7-12(5)9-13(6)8-11(3)4;3*1-3-2;2*1-2/h10-13H,7-9H2,1-6H3;3*1,3H2,2H3;1-2H3;1H2,2H3/q;2*-1;+1;;+1. The second kappa shape index (κ2) is 44.3. The third-order valence-corrected chi connectivity index (χ3v) is 2.55. The summed E-state index contributed by atoms with van der Waals surface area (Å²) in [6, 6.07) is 0. The minimum absolute atomic E-state index is 0.862. The molecule has 0 saturated heterocycles. The van der Waals surface area contributed by atoms with Crippen molar-refractivity contribution in [1.82, 2.24) is 0 Å². The molecule has 26 heavy (non-hydrogen) atoms. The SMILES string of the molecule is CC.CC(C)CC(C)CC(C)CC(C)C.[CH2+]C.[CH2+]CC.[CH2-]CC.[CH2-]CC. The molecule has 0 aromatic heterocycles. The van der Waals surface area contributed by atoms with Crippen LogP contribution in [-0.4, -0.2) is 0 Å². The molecule has 0 heteroatoms. The lowest BCUT2D eigenvalue weighted by molar-refractivity contribution is 0.320. The zero-order valence-electron chi connectivity index (χ0n) is 21.4. The second-order valence-corrected chi connectivity index (χ2v) is 7.21. The van der Waals surface area contributed by atoms with E-state index in [1.54, 1.807) is 6.92 Å². The Morgan fingerprint density at radius 3 is 0.885 bits per heavy atom. The summed E-state index contributed by atoms with van der Waals surface area (Å²) in [7, 11) is 0. The normalized spacial score (nSPS) is 10.8. The quantitative estimate of drug-likeness (QED) is 0.407. The van der Waals surface area contributed by atoms with Crippen LogP contribution in [-0.2, 0) is 0 Å². The molecule has 2 unspecified atom stereocenters. The highest BCUT2D eigenvalue weighted by molar-refractivity contribution is 4.63. The molecule has 0 aliphatic carbocycles. The highest BCUT2D eigenvalue weighted by Crippen LogP contribution is 2.23. The van der Waals surface area contributed by atoms with Crippen LogP contribution < -0.4 is 0 Å². The predicted octanol–water partition coefficient (Wildman–Crippen LogP) is 10.3. The molecule has 0 aliphatic rings. The number of hydrogen-bond acceptors (Lipinski definition) is 0. The average Bonchev–Trinajstić information content (AvgIpc) is 2.51. The Morgan fingerprint density at radius 2 is 0.769 bits per heavy atom. The lowest BCUT2D eigenvalue weighted by atomic mass is 9.86. The highest BCUT2D eigenvalue weighted by Gasteiger charge is 2.11. The topological polar surface area (TPSA) is 0 Å². The molecule has 0 fully saturated rings. The van der Waals surface area contributed by atoms with Crippen molar-refractivity contribution >= 4 is 0 Å². The first-order valence-electron chi connectivity index (χ1n) is 11.2. The summed E-state index contributed by atoms with van der Waals surface area (Å²) in [4.78, 5) is 0. The third-order valence-electron chi connectivity index (χ3n) is 2.55. The van der Waals surface area contributed by atoms with Crippen LogP contribution in [0.3, 0.4) is 0 Å². The minimum atomic E-state index is 0.862. The predicted molar refractivity (Wildman–Crippen MR) is 131 cm³/mol. The van der Waals surface area contributed by atoms with Gasteiger partial charge in [-0.3, -0.25) is 0 Å². The Morgan fingerprint density at radius 1 is 0.615 bits per heavy atom. The highest BCUT2D eigenvalue weighted by atomic mass is 14.2. The molecular weight excluding hydrogens is 312 g/mol. The van der Waals surface area contributed by atoms with Crippen molar-refractivity contribution in [1.29, 1.82) is 0 Å². The molecule has 0 aliphatic heterocycles. The van der Waals surface area contributed by atoms with E-state index in [0.29, 0.717) is 0 Å². The van der Waals surface area contributed by atoms with Gasteiger partial charge >= 0.3 is 0 Å². The fourth-order valence-corrected chi connectivity index (χ4v) is 2.49. The van der Waals surface area contributed by atoms with Crippen molar-refractivity contribution < 1.29 is 0 Å². The van der Waals surface area contributed by atoms with Crippen LogP contribution in [0.2, 0.25) is 0 Å². The molecule has 0 amide bonds. The molecule has 0 aromatic rings. The van der Waals surface area contributed by atoms with Gasteiger partial charge in [0.05, 0.1) is 27.2 Å². The van der Waals surface area contributed by atoms with Gasteiger partial charge < -0.3 is 13.8 Å². The molecule has 2 atom stereocenters. The van der Waals surface area contributed by atoms with E-state index in [1.807, 2.05) is 34.6 Å². The average molecular weight is 373 g/mol.